The average Bonchev–Trinajstić information content (AvgIpc) is 2.63. The van der Waals surface area contributed by atoms with Crippen LogP contribution >= 0.6 is 11.3 Å². The standard InChI is InChI=1S/C14H22N2O2S/c1-8-10(11(17)18-6)16-12(19-8)15-7-9-13(2,3)14(9,4)5/h9H,7H2,1-6H3,(H,15,16). The smallest absolute Gasteiger partial charge is 0.357 e. The first-order valence-corrected chi connectivity index (χ1v) is 7.33. The van der Waals surface area contributed by atoms with Gasteiger partial charge < -0.3 is 10.1 Å². The summed E-state index contributed by atoms with van der Waals surface area (Å²) in [5.74, 6) is 0.264. The highest BCUT2D eigenvalue weighted by atomic mass is 32.1. The number of aromatic nitrogens is 1. The number of esters is 1. The van der Waals surface area contributed by atoms with Crippen molar-refractivity contribution in [1.82, 2.24) is 4.98 Å². The lowest BCUT2D eigenvalue weighted by Crippen LogP contribution is -2.08. The minimum Gasteiger partial charge on any atom is -0.464 e. The lowest BCUT2D eigenvalue weighted by Gasteiger charge is -2.04. The van der Waals surface area contributed by atoms with E-state index in [0.717, 1.165) is 16.6 Å². The molecule has 2 rings (SSSR count). The van der Waals surface area contributed by atoms with Gasteiger partial charge in [0.15, 0.2) is 10.8 Å². The van der Waals surface area contributed by atoms with E-state index in [4.69, 9.17) is 4.74 Å². The number of thiazole rings is 1. The van der Waals surface area contributed by atoms with E-state index in [9.17, 15) is 4.79 Å². The predicted molar refractivity (Wildman–Crippen MR) is 77.7 cm³/mol. The van der Waals surface area contributed by atoms with E-state index in [0.29, 0.717) is 22.4 Å². The number of nitrogens with one attached hydrogen (secondary N) is 1. The first-order chi connectivity index (χ1) is 8.71. The van der Waals surface area contributed by atoms with Crippen LogP contribution in [0, 0.1) is 23.7 Å². The number of hydrogen-bond donors (Lipinski definition) is 1. The van der Waals surface area contributed by atoms with Gasteiger partial charge in [0.1, 0.15) is 0 Å². The Hall–Kier alpha value is -1.10. The van der Waals surface area contributed by atoms with Crippen LogP contribution in [0.3, 0.4) is 0 Å². The molecule has 0 unspecified atom stereocenters. The van der Waals surface area contributed by atoms with Crippen molar-refractivity contribution in [1.29, 1.82) is 0 Å². The summed E-state index contributed by atoms with van der Waals surface area (Å²) in [6.45, 7) is 12.0. The molecule has 0 bridgehead atoms. The first-order valence-electron chi connectivity index (χ1n) is 6.51. The Bertz CT molecular complexity index is 492. The number of carbonyl (C=O) groups is 1. The second kappa shape index (κ2) is 4.47. The van der Waals surface area contributed by atoms with Crippen molar-refractivity contribution in [3.05, 3.63) is 10.6 Å². The Morgan fingerprint density at radius 3 is 2.42 bits per heavy atom. The minimum atomic E-state index is -0.367. The van der Waals surface area contributed by atoms with Gasteiger partial charge in [0.25, 0.3) is 0 Å². The number of ether oxygens (including phenoxy) is 1. The Morgan fingerprint density at radius 2 is 1.95 bits per heavy atom. The third-order valence-corrected chi connectivity index (χ3v) is 5.88. The number of rotatable bonds is 4. The third-order valence-electron chi connectivity index (χ3n) is 4.95. The van der Waals surface area contributed by atoms with Gasteiger partial charge in [-0.1, -0.05) is 27.7 Å². The van der Waals surface area contributed by atoms with Crippen molar-refractivity contribution >= 4 is 22.4 Å². The van der Waals surface area contributed by atoms with Gasteiger partial charge in [0.05, 0.1) is 7.11 Å². The molecule has 5 heteroatoms. The number of nitrogens with zero attached hydrogens (tertiary/aromatic N) is 1. The van der Waals surface area contributed by atoms with Crippen LogP contribution in [-0.4, -0.2) is 24.6 Å². The van der Waals surface area contributed by atoms with Crippen LogP contribution in [0.2, 0.25) is 0 Å². The summed E-state index contributed by atoms with van der Waals surface area (Å²) >= 11 is 1.51. The Labute approximate surface area is 118 Å². The molecule has 4 nitrogen and oxygen atoms in total. The van der Waals surface area contributed by atoms with E-state index in [-0.39, 0.29) is 5.97 Å². The molecule has 1 aromatic rings. The second-order valence-electron chi connectivity index (χ2n) is 6.29. The zero-order valence-electron chi connectivity index (χ0n) is 12.5. The quantitative estimate of drug-likeness (QED) is 0.861. The molecular weight excluding hydrogens is 260 g/mol. The highest BCUT2D eigenvalue weighted by molar-refractivity contribution is 7.15. The van der Waals surface area contributed by atoms with Crippen LogP contribution < -0.4 is 5.32 Å². The SMILES string of the molecule is COC(=O)c1nc(NCC2C(C)(C)C2(C)C)sc1C. The lowest BCUT2D eigenvalue weighted by atomic mass is 10.0. The Kier molecular flexibility index (Phi) is 3.37. The van der Waals surface area contributed by atoms with Crippen LogP contribution in [0.4, 0.5) is 5.13 Å². The molecule has 1 aliphatic rings. The van der Waals surface area contributed by atoms with Gasteiger partial charge in [-0.2, -0.15) is 0 Å². The van der Waals surface area contributed by atoms with Crippen LogP contribution in [0.5, 0.6) is 0 Å². The zero-order chi connectivity index (χ0) is 14.4. The van der Waals surface area contributed by atoms with Crippen molar-refractivity contribution in [3.8, 4) is 0 Å². The van der Waals surface area contributed by atoms with Crippen LogP contribution in [0.1, 0.15) is 43.1 Å². The molecule has 0 aliphatic heterocycles. The number of hydrogen-bond acceptors (Lipinski definition) is 5. The predicted octanol–water partition coefficient (Wildman–Crippen LogP) is 3.33. The molecule has 0 atom stereocenters. The minimum absolute atomic E-state index is 0.359. The van der Waals surface area contributed by atoms with Gasteiger partial charge in [-0.05, 0) is 23.7 Å². The van der Waals surface area contributed by atoms with Crippen LogP contribution in [-0.2, 0) is 4.74 Å². The van der Waals surface area contributed by atoms with Gasteiger partial charge in [0, 0.05) is 11.4 Å². The fourth-order valence-corrected chi connectivity index (χ4v) is 3.60. The van der Waals surface area contributed by atoms with Crippen LogP contribution in [0.15, 0.2) is 0 Å². The highest BCUT2D eigenvalue weighted by Gasteiger charge is 2.64. The molecule has 0 spiro atoms. The topological polar surface area (TPSA) is 51.2 Å². The van der Waals surface area contributed by atoms with E-state index >= 15 is 0 Å². The molecule has 1 fully saturated rings. The maximum atomic E-state index is 11.5. The fourth-order valence-electron chi connectivity index (χ4n) is 2.79. The largest absolute Gasteiger partial charge is 0.464 e. The van der Waals surface area contributed by atoms with Gasteiger partial charge in [-0.15, -0.1) is 11.3 Å². The molecule has 0 aromatic carbocycles. The number of anilines is 1. The Morgan fingerprint density at radius 1 is 1.37 bits per heavy atom. The van der Waals surface area contributed by atoms with Gasteiger partial charge >= 0.3 is 5.97 Å². The maximum absolute atomic E-state index is 11.5. The van der Waals surface area contributed by atoms with Crippen molar-refractivity contribution in [3.63, 3.8) is 0 Å². The normalized spacial score (nSPS) is 20.1. The highest BCUT2D eigenvalue weighted by Crippen LogP contribution is 2.68. The number of carbonyl (C=O) groups excluding carboxylic acids is 1. The summed E-state index contributed by atoms with van der Waals surface area (Å²) in [6.07, 6.45) is 0. The third kappa shape index (κ3) is 2.24. The first kappa shape index (κ1) is 14.3. The average molecular weight is 282 g/mol. The second-order valence-corrected chi connectivity index (χ2v) is 7.50. The summed E-state index contributed by atoms with van der Waals surface area (Å²) < 4.78 is 4.71. The fraction of sp³-hybridized carbons (Fsp3) is 0.714. The summed E-state index contributed by atoms with van der Waals surface area (Å²) in [4.78, 5) is 16.7. The molecular formula is C14H22N2O2S. The van der Waals surface area contributed by atoms with Gasteiger partial charge in [-0.25, -0.2) is 9.78 Å². The van der Waals surface area contributed by atoms with E-state index in [1.54, 1.807) is 0 Å². The molecule has 1 N–H and O–H groups in total. The monoisotopic (exact) mass is 282 g/mol. The summed E-state index contributed by atoms with van der Waals surface area (Å²) in [5.41, 5.74) is 1.14. The van der Waals surface area contributed by atoms with E-state index in [1.165, 1.54) is 18.4 Å². The zero-order valence-corrected chi connectivity index (χ0v) is 13.3. The van der Waals surface area contributed by atoms with Crippen LogP contribution in [0.25, 0.3) is 0 Å². The van der Waals surface area contributed by atoms with Gasteiger partial charge in [0.2, 0.25) is 0 Å². The molecule has 1 heterocycles. The molecule has 19 heavy (non-hydrogen) atoms. The van der Waals surface area contributed by atoms with Crippen molar-refractivity contribution in [2.75, 3.05) is 19.0 Å². The van der Waals surface area contributed by atoms with Gasteiger partial charge in [-0.3, -0.25) is 0 Å². The molecule has 1 aliphatic carbocycles. The van der Waals surface area contributed by atoms with E-state index in [1.807, 2.05) is 6.92 Å². The molecule has 0 radical (unpaired) electrons. The van der Waals surface area contributed by atoms with E-state index in [2.05, 4.69) is 38.0 Å². The van der Waals surface area contributed by atoms with Crippen molar-refractivity contribution in [2.24, 2.45) is 16.7 Å². The summed E-state index contributed by atoms with van der Waals surface area (Å²) in [6, 6.07) is 0. The van der Waals surface area contributed by atoms with Crippen molar-refractivity contribution < 1.29 is 9.53 Å². The number of aryl methyl sites for hydroxylation is 1. The van der Waals surface area contributed by atoms with Crippen molar-refractivity contribution in [2.45, 2.75) is 34.6 Å². The summed E-state index contributed by atoms with van der Waals surface area (Å²) in [5, 5.41) is 4.16. The molecule has 0 saturated heterocycles. The molecule has 0 amide bonds. The summed E-state index contributed by atoms with van der Waals surface area (Å²) in [7, 11) is 1.38. The number of methoxy groups -OCH3 is 1. The molecule has 1 saturated carbocycles. The lowest BCUT2D eigenvalue weighted by molar-refractivity contribution is 0.0594. The maximum Gasteiger partial charge on any atom is 0.357 e. The van der Waals surface area contributed by atoms with E-state index < -0.39 is 0 Å². The molecule has 106 valence electrons. The molecule has 1 aromatic heterocycles. The Balaban J connectivity index is 2.01.